The van der Waals surface area contributed by atoms with Gasteiger partial charge in [-0.25, -0.2) is 4.98 Å². The lowest BCUT2D eigenvalue weighted by Crippen LogP contribution is -1.99. The standard InChI is InChI=1S/C14H16N2OS2/c1-4-9-7-18-13(15-9)14-16-12-8(2)5-10(17-3)6-11(12)19-14/h5-6,9H,4,7H2,1-3H3/t9-/m0/s1. The van der Waals surface area contributed by atoms with Crippen LogP contribution in [-0.4, -0.2) is 28.9 Å². The van der Waals surface area contributed by atoms with E-state index in [-0.39, 0.29) is 0 Å². The van der Waals surface area contributed by atoms with Crippen molar-refractivity contribution in [3.8, 4) is 5.75 Å². The van der Waals surface area contributed by atoms with Crippen molar-refractivity contribution < 1.29 is 4.74 Å². The molecule has 0 spiro atoms. The van der Waals surface area contributed by atoms with Gasteiger partial charge in [0.15, 0.2) is 0 Å². The molecule has 2 aromatic rings. The number of nitrogens with zero attached hydrogens (tertiary/aromatic N) is 2. The fourth-order valence-corrected chi connectivity index (χ4v) is 4.43. The van der Waals surface area contributed by atoms with Crippen LogP contribution < -0.4 is 4.74 Å². The fraction of sp³-hybridized carbons (Fsp3) is 0.429. The lowest BCUT2D eigenvalue weighted by Gasteiger charge is -2.00. The van der Waals surface area contributed by atoms with E-state index in [4.69, 9.17) is 14.7 Å². The van der Waals surface area contributed by atoms with Crippen LogP contribution in [-0.2, 0) is 0 Å². The summed E-state index contributed by atoms with van der Waals surface area (Å²) in [5.41, 5.74) is 2.23. The normalized spacial score (nSPS) is 18.9. The molecule has 0 amide bonds. The maximum absolute atomic E-state index is 5.32. The first kappa shape index (κ1) is 12.9. The van der Waals surface area contributed by atoms with Crippen LogP contribution in [0.2, 0.25) is 0 Å². The van der Waals surface area contributed by atoms with Crippen LogP contribution in [0.15, 0.2) is 17.1 Å². The van der Waals surface area contributed by atoms with Gasteiger partial charge in [-0.05, 0) is 31.0 Å². The highest BCUT2D eigenvalue weighted by molar-refractivity contribution is 8.15. The highest BCUT2D eigenvalue weighted by Gasteiger charge is 2.21. The lowest BCUT2D eigenvalue weighted by molar-refractivity contribution is 0.415. The topological polar surface area (TPSA) is 34.5 Å². The zero-order chi connectivity index (χ0) is 13.4. The van der Waals surface area contributed by atoms with Gasteiger partial charge in [-0.3, -0.25) is 4.99 Å². The Morgan fingerprint density at radius 1 is 1.42 bits per heavy atom. The molecule has 3 nitrogen and oxygen atoms in total. The van der Waals surface area contributed by atoms with Crippen molar-refractivity contribution in [2.24, 2.45) is 4.99 Å². The third-order valence-electron chi connectivity index (χ3n) is 3.26. The molecule has 19 heavy (non-hydrogen) atoms. The minimum absolute atomic E-state index is 0.461. The first-order chi connectivity index (χ1) is 9.21. The van der Waals surface area contributed by atoms with Crippen molar-refractivity contribution in [2.75, 3.05) is 12.9 Å². The Hall–Kier alpha value is -1.07. The van der Waals surface area contributed by atoms with Crippen molar-refractivity contribution in [1.29, 1.82) is 0 Å². The van der Waals surface area contributed by atoms with E-state index in [9.17, 15) is 0 Å². The summed E-state index contributed by atoms with van der Waals surface area (Å²) >= 11 is 3.53. The minimum atomic E-state index is 0.461. The molecular weight excluding hydrogens is 276 g/mol. The molecule has 0 aliphatic carbocycles. The number of methoxy groups -OCH3 is 1. The Balaban J connectivity index is 2.05. The molecule has 1 aromatic carbocycles. The smallest absolute Gasteiger partial charge is 0.149 e. The fourth-order valence-electron chi connectivity index (χ4n) is 2.12. The quantitative estimate of drug-likeness (QED) is 0.861. The lowest BCUT2D eigenvalue weighted by atomic mass is 10.2. The van der Waals surface area contributed by atoms with Crippen molar-refractivity contribution in [2.45, 2.75) is 26.3 Å². The number of aliphatic imine (C=N–C) groups is 1. The van der Waals surface area contributed by atoms with E-state index in [1.54, 1.807) is 18.4 Å². The number of aromatic nitrogens is 1. The third kappa shape index (κ3) is 2.37. The van der Waals surface area contributed by atoms with Crippen LogP contribution in [0.3, 0.4) is 0 Å². The van der Waals surface area contributed by atoms with Gasteiger partial charge in [0, 0.05) is 5.75 Å². The average Bonchev–Trinajstić information content (AvgIpc) is 3.04. The van der Waals surface area contributed by atoms with E-state index in [1.807, 2.05) is 17.8 Å². The zero-order valence-corrected chi connectivity index (χ0v) is 12.9. The second kappa shape index (κ2) is 5.13. The first-order valence-corrected chi connectivity index (χ1v) is 8.17. The van der Waals surface area contributed by atoms with E-state index < -0.39 is 0 Å². The van der Waals surface area contributed by atoms with E-state index in [1.165, 1.54) is 4.70 Å². The second-order valence-corrected chi connectivity index (χ2v) is 6.66. The van der Waals surface area contributed by atoms with Crippen LogP contribution in [0.1, 0.15) is 23.9 Å². The van der Waals surface area contributed by atoms with Crippen molar-refractivity contribution in [3.63, 3.8) is 0 Å². The molecule has 0 unspecified atom stereocenters. The predicted octanol–water partition coefficient (Wildman–Crippen LogP) is 3.89. The van der Waals surface area contributed by atoms with Crippen LogP contribution >= 0.6 is 23.1 Å². The monoisotopic (exact) mass is 292 g/mol. The molecule has 0 fully saturated rings. The third-order valence-corrected chi connectivity index (χ3v) is 5.52. The number of rotatable bonds is 3. The Morgan fingerprint density at radius 3 is 2.95 bits per heavy atom. The number of benzene rings is 1. The summed E-state index contributed by atoms with van der Waals surface area (Å²) in [5.74, 6) is 1.98. The zero-order valence-electron chi connectivity index (χ0n) is 11.3. The second-order valence-electron chi connectivity index (χ2n) is 4.62. The molecule has 0 radical (unpaired) electrons. The molecule has 1 aliphatic rings. The Labute approximate surface area is 121 Å². The molecular formula is C14H16N2OS2. The number of fused-ring (bicyclic) bond motifs is 1. The molecule has 3 rings (SSSR count). The van der Waals surface area contributed by atoms with E-state index in [0.717, 1.165) is 39.1 Å². The molecule has 0 saturated carbocycles. The molecule has 0 N–H and O–H groups in total. The molecule has 100 valence electrons. The summed E-state index contributed by atoms with van der Waals surface area (Å²) in [6, 6.07) is 4.55. The minimum Gasteiger partial charge on any atom is -0.497 e. The number of hydrogen-bond donors (Lipinski definition) is 0. The van der Waals surface area contributed by atoms with Gasteiger partial charge in [0.25, 0.3) is 0 Å². The van der Waals surface area contributed by atoms with E-state index >= 15 is 0 Å². The van der Waals surface area contributed by atoms with Gasteiger partial charge in [0.1, 0.15) is 15.8 Å². The van der Waals surface area contributed by atoms with E-state index in [2.05, 4.69) is 19.9 Å². The number of ether oxygens (including phenoxy) is 1. The van der Waals surface area contributed by atoms with Gasteiger partial charge in [-0.2, -0.15) is 0 Å². The van der Waals surface area contributed by atoms with Crippen molar-refractivity contribution in [1.82, 2.24) is 4.98 Å². The van der Waals surface area contributed by atoms with Gasteiger partial charge in [0.05, 0.1) is 23.4 Å². The number of thiazole rings is 1. The maximum atomic E-state index is 5.32. The summed E-state index contributed by atoms with van der Waals surface area (Å²) in [4.78, 5) is 9.49. The number of aryl methyl sites for hydroxylation is 1. The maximum Gasteiger partial charge on any atom is 0.149 e. The number of thioether (sulfide) groups is 1. The Bertz CT molecular complexity index is 648. The van der Waals surface area contributed by atoms with E-state index in [0.29, 0.717) is 6.04 Å². The van der Waals surface area contributed by atoms with Gasteiger partial charge < -0.3 is 4.74 Å². The number of hydrogen-bond acceptors (Lipinski definition) is 5. The Kier molecular flexibility index (Phi) is 3.50. The van der Waals surface area contributed by atoms with Gasteiger partial charge >= 0.3 is 0 Å². The van der Waals surface area contributed by atoms with Crippen LogP contribution in [0.5, 0.6) is 5.75 Å². The largest absolute Gasteiger partial charge is 0.497 e. The average molecular weight is 292 g/mol. The molecule has 0 bridgehead atoms. The summed E-state index contributed by atoms with van der Waals surface area (Å²) in [7, 11) is 1.70. The van der Waals surface area contributed by atoms with Gasteiger partial charge in [-0.15, -0.1) is 23.1 Å². The highest BCUT2D eigenvalue weighted by atomic mass is 32.2. The molecule has 2 heterocycles. The molecule has 1 aromatic heterocycles. The van der Waals surface area contributed by atoms with Crippen molar-refractivity contribution in [3.05, 3.63) is 22.7 Å². The van der Waals surface area contributed by atoms with Crippen molar-refractivity contribution >= 4 is 38.4 Å². The molecule has 5 heteroatoms. The first-order valence-electron chi connectivity index (χ1n) is 6.37. The van der Waals surface area contributed by atoms with Gasteiger partial charge in [0.2, 0.25) is 0 Å². The predicted molar refractivity (Wildman–Crippen MR) is 84.0 cm³/mol. The summed E-state index contributed by atoms with van der Waals surface area (Å²) in [6.07, 6.45) is 1.11. The molecule has 1 atom stereocenters. The molecule has 0 saturated heterocycles. The van der Waals surface area contributed by atoms with Crippen LogP contribution in [0.25, 0.3) is 10.2 Å². The SMILES string of the molecule is CC[C@H]1CSC(c2nc3c(C)cc(OC)cc3s2)=N1. The summed E-state index contributed by atoms with van der Waals surface area (Å²) < 4.78 is 6.49. The highest BCUT2D eigenvalue weighted by Crippen LogP contribution is 2.33. The Morgan fingerprint density at radius 2 is 2.26 bits per heavy atom. The summed E-state index contributed by atoms with van der Waals surface area (Å²) in [6.45, 7) is 4.26. The molecule has 1 aliphatic heterocycles. The van der Waals surface area contributed by atoms with Gasteiger partial charge in [-0.1, -0.05) is 6.92 Å². The van der Waals surface area contributed by atoms with Crippen LogP contribution in [0.4, 0.5) is 0 Å². The van der Waals surface area contributed by atoms with Crippen LogP contribution in [0, 0.1) is 6.92 Å². The summed E-state index contributed by atoms with van der Waals surface area (Å²) in [5, 5.41) is 2.15.